The topological polar surface area (TPSA) is 65.7 Å². The molecule has 1 aromatic heterocycles. The molecule has 0 bridgehead atoms. The molecule has 2 aromatic rings. The number of ketones is 1. The Kier molecular flexibility index (Phi) is 5.03. The van der Waals surface area contributed by atoms with Crippen LogP contribution in [-0.2, 0) is 14.3 Å². The molecule has 0 amide bonds. The zero-order valence-electron chi connectivity index (χ0n) is 14.2. The smallest absolute Gasteiger partial charge is 0.317 e. The SMILES string of the molecule is CCOC(=O)C1C(=O)C=C(c2cccc(OC)c2)CC1c1ccco1. The van der Waals surface area contributed by atoms with Crippen LogP contribution in [0.25, 0.3) is 5.57 Å². The lowest BCUT2D eigenvalue weighted by Crippen LogP contribution is -2.33. The highest BCUT2D eigenvalue weighted by Gasteiger charge is 2.41. The van der Waals surface area contributed by atoms with Gasteiger partial charge in [-0.2, -0.15) is 0 Å². The van der Waals surface area contributed by atoms with Crippen molar-refractivity contribution in [2.75, 3.05) is 13.7 Å². The molecule has 25 heavy (non-hydrogen) atoms. The molecular formula is C20H20O5. The summed E-state index contributed by atoms with van der Waals surface area (Å²) in [5.41, 5.74) is 1.75. The fourth-order valence-electron chi connectivity index (χ4n) is 3.18. The van der Waals surface area contributed by atoms with E-state index in [1.807, 2.05) is 24.3 Å². The van der Waals surface area contributed by atoms with Crippen LogP contribution in [0, 0.1) is 5.92 Å². The summed E-state index contributed by atoms with van der Waals surface area (Å²) in [6.07, 6.45) is 3.59. The van der Waals surface area contributed by atoms with Gasteiger partial charge >= 0.3 is 5.97 Å². The standard InChI is InChI=1S/C20H20O5/c1-3-24-20(22)19-16(18-8-5-9-25-18)11-14(12-17(19)21)13-6-4-7-15(10-13)23-2/h4-10,12,16,19H,3,11H2,1-2H3. The Hall–Kier alpha value is -2.82. The summed E-state index contributed by atoms with van der Waals surface area (Å²) in [5.74, 6) is -0.695. The summed E-state index contributed by atoms with van der Waals surface area (Å²) in [6, 6.07) is 11.1. The van der Waals surface area contributed by atoms with Gasteiger partial charge in [-0.15, -0.1) is 0 Å². The Morgan fingerprint density at radius 3 is 2.80 bits per heavy atom. The average molecular weight is 340 g/mol. The predicted molar refractivity (Wildman–Crippen MR) is 92.2 cm³/mol. The first kappa shape index (κ1) is 17.0. The summed E-state index contributed by atoms with van der Waals surface area (Å²) >= 11 is 0. The minimum atomic E-state index is -0.875. The molecule has 1 heterocycles. The minimum absolute atomic E-state index is 0.236. The van der Waals surface area contributed by atoms with E-state index < -0.39 is 11.9 Å². The van der Waals surface area contributed by atoms with E-state index in [9.17, 15) is 9.59 Å². The number of allylic oxidation sites excluding steroid dienone is 2. The lowest BCUT2D eigenvalue weighted by molar-refractivity contribution is -0.151. The van der Waals surface area contributed by atoms with Gasteiger partial charge in [0, 0.05) is 5.92 Å². The molecule has 130 valence electrons. The maximum absolute atomic E-state index is 12.7. The lowest BCUT2D eigenvalue weighted by atomic mass is 9.76. The summed E-state index contributed by atoms with van der Waals surface area (Å²) in [7, 11) is 1.60. The van der Waals surface area contributed by atoms with E-state index in [1.165, 1.54) is 6.08 Å². The molecule has 0 aliphatic heterocycles. The molecule has 5 nitrogen and oxygen atoms in total. The highest BCUT2D eigenvalue weighted by Crippen LogP contribution is 2.40. The molecule has 1 aromatic carbocycles. The molecule has 3 rings (SSSR count). The van der Waals surface area contributed by atoms with Gasteiger partial charge < -0.3 is 13.9 Å². The van der Waals surface area contributed by atoms with Crippen LogP contribution < -0.4 is 4.74 Å². The van der Waals surface area contributed by atoms with Gasteiger partial charge in [-0.1, -0.05) is 12.1 Å². The second-order valence-corrected chi connectivity index (χ2v) is 5.86. The first-order valence-corrected chi connectivity index (χ1v) is 8.23. The molecule has 0 spiro atoms. The summed E-state index contributed by atoms with van der Waals surface area (Å²) in [5, 5.41) is 0. The van der Waals surface area contributed by atoms with Crippen molar-refractivity contribution in [2.45, 2.75) is 19.3 Å². The van der Waals surface area contributed by atoms with Crippen LogP contribution in [-0.4, -0.2) is 25.5 Å². The van der Waals surface area contributed by atoms with Crippen molar-refractivity contribution in [2.24, 2.45) is 5.92 Å². The third kappa shape index (κ3) is 3.50. The third-order valence-electron chi connectivity index (χ3n) is 4.35. The van der Waals surface area contributed by atoms with Crippen LogP contribution in [0.5, 0.6) is 5.75 Å². The van der Waals surface area contributed by atoms with Crippen molar-refractivity contribution in [3.8, 4) is 5.75 Å². The van der Waals surface area contributed by atoms with Crippen molar-refractivity contribution < 1.29 is 23.5 Å². The molecule has 0 fully saturated rings. The molecular weight excluding hydrogens is 320 g/mol. The van der Waals surface area contributed by atoms with Crippen LogP contribution in [0.1, 0.15) is 30.6 Å². The molecule has 0 N–H and O–H groups in total. The first-order valence-electron chi connectivity index (χ1n) is 8.23. The van der Waals surface area contributed by atoms with Crippen LogP contribution in [0.15, 0.2) is 53.2 Å². The summed E-state index contributed by atoms with van der Waals surface area (Å²) < 4.78 is 15.9. The number of hydrogen-bond donors (Lipinski definition) is 0. The molecule has 2 unspecified atom stereocenters. The Labute approximate surface area is 146 Å². The zero-order valence-corrected chi connectivity index (χ0v) is 14.2. The lowest BCUT2D eigenvalue weighted by Gasteiger charge is -2.27. The van der Waals surface area contributed by atoms with Gasteiger partial charge in [-0.25, -0.2) is 0 Å². The number of carbonyl (C=O) groups is 2. The number of hydrogen-bond acceptors (Lipinski definition) is 5. The number of methoxy groups -OCH3 is 1. The summed E-state index contributed by atoms with van der Waals surface area (Å²) in [6.45, 7) is 1.96. The van der Waals surface area contributed by atoms with E-state index in [2.05, 4.69) is 0 Å². The fraction of sp³-hybridized carbons (Fsp3) is 0.300. The predicted octanol–water partition coefficient (Wildman–Crippen LogP) is 3.61. The maximum atomic E-state index is 12.7. The third-order valence-corrected chi connectivity index (χ3v) is 4.35. The quantitative estimate of drug-likeness (QED) is 0.614. The highest BCUT2D eigenvalue weighted by atomic mass is 16.5. The number of benzene rings is 1. The molecule has 5 heteroatoms. The summed E-state index contributed by atoms with van der Waals surface area (Å²) in [4.78, 5) is 25.0. The van der Waals surface area contributed by atoms with Crippen LogP contribution in [0.3, 0.4) is 0 Å². The number of esters is 1. The van der Waals surface area contributed by atoms with Gasteiger partial charge in [0.05, 0.1) is 20.0 Å². The molecule has 2 atom stereocenters. The number of carbonyl (C=O) groups excluding carboxylic acids is 2. The Bertz CT molecular complexity index is 788. The minimum Gasteiger partial charge on any atom is -0.497 e. The van der Waals surface area contributed by atoms with Crippen molar-refractivity contribution >= 4 is 17.3 Å². The van der Waals surface area contributed by atoms with E-state index in [1.54, 1.807) is 32.4 Å². The number of furan rings is 1. The van der Waals surface area contributed by atoms with Gasteiger partial charge in [0.25, 0.3) is 0 Å². The van der Waals surface area contributed by atoms with E-state index >= 15 is 0 Å². The Balaban J connectivity index is 1.99. The van der Waals surface area contributed by atoms with Gasteiger partial charge in [0.15, 0.2) is 5.78 Å². The van der Waals surface area contributed by atoms with E-state index in [4.69, 9.17) is 13.9 Å². The van der Waals surface area contributed by atoms with Crippen LogP contribution in [0.4, 0.5) is 0 Å². The van der Waals surface area contributed by atoms with E-state index in [0.29, 0.717) is 17.9 Å². The maximum Gasteiger partial charge on any atom is 0.317 e. The second kappa shape index (κ2) is 7.38. The monoisotopic (exact) mass is 340 g/mol. The number of rotatable bonds is 5. The fourth-order valence-corrected chi connectivity index (χ4v) is 3.18. The molecule has 0 radical (unpaired) electrons. The van der Waals surface area contributed by atoms with Gasteiger partial charge in [-0.05, 0) is 54.8 Å². The normalized spacial score (nSPS) is 20.1. The van der Waals surface area contributed by atoms with Crippen molar-refractivity contribution in [3.05, 3.63) is 60.1 Å². The Morgan fingerprint density at radius 1 is 1.28 bits per heavy atom. The molecule has 0 saturated carbocycles. The largest absolute Gasteiger partial charge is 0.497 e. The van der Waals surface area contributed by atoms with Gasteiger partial charge in [-0.3, -0.25) is 9.59 Å². The van der Waals surface area contributed by atoms with Crippen LogP contribution >= 0.6 is 0 Å². The van der Waals surface area contributed by atoms with Crippen molar-refractivity contribution in [1.82, 2.24) is 0 Å². The molecule has 1 aliphatic carbocycles. The average Bonchev–Trinajstić information content (AvgIpc) is 3.15. The zero-order chi connectivity index (χ0) is 17.8. The van der Waals surface area contributed by atoms with E-state index in [0.717, 1.165) is 11.1 Å². The van der Waals surface area contributed by atoms with Crippen LogP contribution in [0.2, 0.25) is 0 Å². The second-order valence-electron chi connectivity index (χ2n) is 5.86. The van der Waals surface area contributed by atoms with Gasteiger partial charge in [0.2, 0.25) is 0 Å². The van der Waals surface area contributed by atoms with Crippen molar-refractivity contribution in [3.63, 3.8) is 0 Å². The molecule has 1 aliphatic rings. The highest BCUT2D eigenvalue weighted by molar-refractivity contribution is 6.10. The Morgan fingerprint density at radius 2 is 2.12 bits per heavy atom. The van der Waals surface area contributed by atoms with Crippen molar-refractivity contribution in [1.29, 1.82) is 0 Å². The number of ether oxygens (including phenoxy) is 2. The van der Waals surface area contributed by atoms with Gasteiger partial charge in [0.1, 0.15) is 17.4 Å². The first-order chi connectivity index (χ1) is 12.1. The molecule has 0 saturated heterocycles. The van der Waals surface area contributed by atoms with E-state index in [-0.39, 0.29) is 18.3 Å².